The molecule has 1 aromatic heterocycles. The van der Waals surface area contributed by atoms with Crippen molar-refractivity contribution in [2.45, 2.75) is 18.6 Å². The molecular weight excluding hydrogens is 416 g/mol. The summed E-state index contributed by atoms with van der Waals surface area (Å²) in [6.45, 7) is 2.38. The Morgan fingerprint density at radius 3 is 2.48 bits per heavy atom. The maximum Gasteiger partial charge on any atom is 0.291 e. The second-order valence-electron chi connectivity index (χ2n) is 6.54. The van der Waals surface area contributed by atoms with Crippen molar-refractivity contribution in [2.75, 3.05) is 31.6 Å². The monoisotopic (exact) mass is 434 g/mol. The number of anilines is 1. The van der Waals surface area contributed by atoms with Gasteiger partial charge in [-0.2, -0.15) is 0 Å². The molecule has 0 aliphatic carbocycles. The van der Waals surface area contributed by atoms with Gasteiger partial charge in [0.1, 0.15) is 0 Å². The van der Waals surface area contributed by atoms with Crippen LogP contribution < -0.4 is 5.32 Å². The predicted molar refractivity (Wildman–Crippen MR) is 101 cm³/mol. The first-order chi connectivity index (χ1) is 13.0. The number of amides is 2. The highest BCUT2D eigenvalue weighted by atomic mass is 79.9. The smallest absolute Gasteiger partial charge is 0.291 e. The van der Waals surface area contributed by atoms with E-state index in [1.54, 1.807) is 41.3 Å². The molecule has 2 aliphatic rings. The van der Waals surface area contributed by atoms with Gasteiger partial charge in [0.2, 0.25) is 0 Å². The molecule has 0 saturated carbocycles. The van der Waals surface area contributed by atoms with Crippen molar-refractivity contribution in [3.05, 3.63) is 52.4 Å². The summed E-state index contributed by atoms with van der Waals surface area (Å²) >= 11 is 3.17. The molecule has 2 aromatic rings. The van der Waals surface area contributed by atoms with Crippen LogP contribution in [-0.2, 0) is 9.47 Å². The Hall–Kier alpha value is -2.16. The Kier molecular flexibility index (Phi) is 5.03. The molecule has 7 nitrogen and oxygen atoms in total. The van der Waals surface area contributed by atoms with Crippen LogP contribution in [0.15, 0.2) is 45.5 Å². The maximum atomic E-state index is 12.8. The van der Waals surface area contributed by atoms with Gasteiger partial charge in [0.15, 0.2) is 16.2 Å². The maximum absolute atomic E-state index is 12.8. The van der Waals surface area contributed by atoms with Crippen LogP contribution in [0, 0.1) is 0 Å². The van der Waals surface area contributed by atoms with E-state index in [1.165, 1.54) is 0 Å². The van der Waals surface area contributed by atoms with Crippen LogP contribution in [0.4, 0.5) is 5.69 Å². The van der Waals surface area contributed by atoms with Gasteiger partial charge >= 0.3 is 0 Å². The topological polar surface area (TPSA) is 81.0 Å². The number of carbonyl (C=O) groups is 2. The van der Waals surface area contributed by atoms with Crippen LogP contribution in [0.25, 0.3) is 0 Å². The van der Waals surface area contributed by atoms with Gasteiger partial charge < -0.3 is 24.1 Å². The molecule has 1 spiro atoms. The third-order valence-electron chi connectivity index (χ3n) is 4.79. The second kappa shape index (κ2) is 7.46. The number of hydrogen-bond donors (Lipinski definition) is 1. The lowest BCUT2D eigenvalue weighted by Gasteiger charge is -2.37. The highest BCUT2D eigenvalue weighted by Gasteiger charge is 2.40. The molecule has 8 heteroatoms. The summed E-state index contributed by atoms with van der Waals surface area (Å²) in [5.41, 5.74) is 1.06. The Labute approximate surface area is 164 Å². The molecule has 0 radical (unpaired) electrons. The molecular formula is C19H19BrN2O5. The van der Waals surface area contributed by atoms with Crippen molar-refractivity contribution in [3.63, 3.8) is 0 Å². The van der Waals surface area contributed by atoms with Gasteiger partial charge in [0, 0.05) is 37.2 Å². The molecule has 1 aromatic carbocycles. The number of hydrogen-bond acceptors (Lipinski definition) is 5. The average Bonchev–Trinajstić information content (AvgIpc) is 3.31. The third kappa shape index (κ3) is 3.92. The minimum absolute atomic E-state index is 0.0697. The summed E-state index contributed by atoms with van der Waals surface area (Å²) in [6, 6.07) is 10.1. The first-order valence-corrected chi connectivity index (χ1v) is 9.58. The normalized spacial score (nSPS) is 18.6. The van der Waals surface area contributed by atoms with Gasteiger partial charge in [-0.25, -0.2) is 0 Å². The molecule has 27 heavy (non-hydrogen) atoms. The lowest BCUT2D eigenvalue weighted by molar-refractivity contribution is -0.181. The summed E-state index contributed by atoms with van der Waals surface area (Å²) < 4.78 is 17.1. The Bertz CT molecular complexity index is 849. The summed E-state index contributed by atoms with van der Waals surface area (Å²) in [5, 5.41) is 2.75. The first-order valence-electron chi connectivity index (χ1n) is 8.79. The zero-order valence-corrected chi connectivity index (χ0v) is 16.2. The molecule has 0 atom stereocenters. The molecule has 4 rings (SSSR count). The molecule has 1 N–H and O–H groups in total. The van der Waals surface area contributed by atoms with Crippen molar-refractivity contribution in [2.24, 2.45) is 0 Å². The molecule has 2 amide bonds. The number of benzene rings is 1. The van der Waals surface area contributed by atoms with Crippen molar-refractivity contribution in [1.82, 2.24) is 4.90 Å². The van der Waals surface area contributed by atoms with Gasteiger partial charge in [-0.05, 0) is 46.3 Å². The summed E-state index contributed by atoms with van der Waals surface area (Å²) in [6.07, 6.45) is 1.34. The number of piperidine rings is 1. The highest BCUT2D eigenvalue weighted by Crippen LogP contribution is 2.31. The molecule has 0 bridgehead atoms. The van der Waals surface area contributed by atoms with Gasteiger partial charge in [-0.3, -0.25) is 9.59 Å². The van der Waals surface area contributed by atoms with Crippen LogP contribution in [0.2, 0.25) is 0 Å². The van der Waals surface area contributed by atoms with Gasteiger partial charge in [-0.15, -0.1) is 0 Å². The minimum atomic E-state index is -0.510. The van der Waals surface area contributed by atoms with E-state index < -0.39 is 5.79 Å². The van der Waals surface area contributed by atoms with Gasteiger partial charge in [0.25, 0.3) is 11.8 Å². The van der Waals surface area contributed by atoms with Crippen LogP contribution in [0.1, 0.15) is 33.8 Å². The first kappa shape index (κ1) is 18.2. The number of nitrogens with one attached hydrogen (secondary N) is 1. The number of ether oxygens (including phenoxy) is 2. The number of furan rings is 1. The quantitative estimate of drug-likeness (QED) is 0.801. The fourth-order valence-electron chi connectivity index (χ4n) is 3.38. The summed E-state index contributed by atoms with van der Waals surface area (Å²) in [5.74, 6) is -0.763. The van der Waals surface area contributed by atoms with E-state index in [1.807, 2.05) is 0 Å². The predicted octanol–water partition coefficient (Wildman–Crippen LogP) is 3.27. The average molecular weight is 435 g/mol. The van der Waals surface area contributed by atoms with Crippen LogP contribution >= 0.6 is 15.9 Å². The summed E-state index contributed by atoms with van der Waals surface area (Å²) in [7, 11) is 0. The van der Waals surface area contributed by atoms with E-state index in [-0.39, 0.29) is 17.6 Å². The fraction of sp³-hybridized carbons (Fsp3) is 0.368. The molecule has 142 valence electrons. The van der Waals surface area contributed by atoms with E-state index in [4.69, 9.17) is 13.9 Å². The molecule has 3 heterocycles. The van der Waals surface area contributed by atoms with Crippen molar-refractivity contribution < 1.29 is 23.5 Å². The SMILES string of the molecule is O=C(Nc1cccc(C(=O)N2CCC3(CC2)OCCO3)c1)c1ccc(Br)o1. The van der Waals surface area contributed by atoms with Crippen molar-refractivity contribution in [3.8, 4) is 0 Å². The largest absolute Gasteiger partial charge is 0.444 e. The van der Waals surface area contributed by atoms with E-state index in [9.17, 15) is 9.59 Å². The highest BCUT2D eigenvalue weighted by molar-refractivity contribution is 9.10. The van der Waals surface area contributed by atoms with Crippen molar-refractivity contribution in [1.29, 1.82) is 0 Å². The zero-order chi connectivity index (χ0) is 18.9. The van der Waals surface area contributed by atoms with Crippen LogP contribution in [-0.4, -0.2) is 48.8 Å². The van der Waals surface area contributed by atoms with Gasteiger partial charge in [0.05, 0.1) is 13.2 Å². The number of likely N-dealkylation sites (tertiary alicyclic amines) is 1. The lowest BCUT2D eigenvalue weighted by Crippen LogP contribution is -2.47. The standard InChI is InChI=1S/C19H19BrN2O5/c20-16-5-4-15(27-16)17(23)21-14-3-1-2-13(12-14)18(24)22-8-6-19(7-9-22)25-10-11-26-19/h1-5,12H,6-11H2,(H,21,23). The van der Waals surface area contributed by atoms with Crippen LogP contribution in [0.3, 0.4) is 0 Å². The number of carbonyl (C=O) groups excluding carboxylic acids is 2. The van der Waals surface area contributed by atoms with E-state index in [0.717, 1.165) is 0 Å². The van der Waals surface area contributed by atoms with Crippen molar-refractivity contribution >= 4 is 33.4 Å². The van der Waals surface area contributed by atoms with E-state index >= 15 is 0 Å². The third-order valence-corrected chi connectivity index (χ3v) is 5.22. The fourth-order valence-corrected chi connectivity index (χ4v) is 3.68. The summed E-state index contributed by atoms with van der Waals surface area (Å²) in [4.78, 5) is 26.8. The zero-order valence-electron chi connectivity index (χ0n) is 14.6. The lowest BCUT2D eigenvalue weighted by atomic mass is 10.0. The number of rotatable bonds is 3. The number of nitrogens with zero attached hydrogens (tertiary/aromatic N) is 1. The van der Waals surface area contributed by atoms with E-state index in [2.05, 4.69) is 21.2 Å². The molecule has 0 unspecified atom stereocenters. The Balaban J connectivity index is 1.41. The Morgan fingerprint density at radius 1 is 1.07 bits per heavy atom. The van der Waals surface area contributed by atoms with Crippen LogP contribution in [0.5, 0.6) is 0 Å². The van der Waals surface area contributed by atoms with Gasteiger partial charge in [-0.1, -0.05) is 6.07 Å². The number of halogens is 1. The minimum Gasteiger partial charge on any atom is -0.444 e. The molecule has 2 aliphatic heterocycles. The van der Waals surface area contributed by atoms with E-state index in [0.29, 0.717) is 55.1 Å². The second-order valence-corrected chi connectivity index (χ2v) is 7.32. The molecule has 2 fully saturated rings. The molecule has 2 saturated heterocycles. The Morgan fingerprint density at radius 2 is 1.81 bits per heavy atom.